The number of aryl methyl sites for hydroxylation is 1. The number of ether oxygens (including phenoxy) is 2. The number of carbonyl (C=O) groups excluding carboxylic acids is 1. The molecule has 1 N–H and O–H groups in total. The summed E-state index contributed by atoms with van der Waals surface area (Å²) in [5.41, 5.74) is 1.07. The van der Waals surface area contributed by atoms with E-state index in [1.54, 1.807) is 24.3 Å². The van der Waals surface area contributed by atoms with Gasteiger partial charge in [0, 0.05) is 19.2 Å². The molecule has 0 aliphatic carbocycles. The predicted molar refractivity (Wildman–Crippen MR) is 73.5 cm³/mol. The normalized spacial score (nSPS) is 9.90. The highest BCUT2D eigenvalue weighted by atomic mass is 16.6. The molecule has 104 valence electrons. The zero-order valence-corrected chi connectivity index (χ0v) is 11.5. The first-order valence-corrected chi connectivity index (χ1v) is 6.25. The molecule has 2 rings (SSSR count). The molecule has 0 bridgehead atoms. The Hall–Kier alpha value is -2.56. The van der Waals surface area contributed by atoms with Crippen LogP contribution < -0.4 is 19.4 Å². The van der Waals surface area contributed by atoms with Gasteiger partial charge in [-0.05, 0) is 30.3 Å². The van der Waals surface area contributed by atoms with Gasteiger partial charge in [-0.1, -0.05) is 0 Å². The third-order valence-corrected chi connectivity index (χ3v) is 2.79. The van der Waals surface area contributed by atoms with Crippen LogP contribution in [0.25, 0.3) is 0 Å². The average molecular weight is 273 g/mol. The minimum atomic E-state index is -0.491. The van der Waals surface area contributed by atoms with Gasteiger partial charge >= 0.3 is 6.09 Å². The van der Waals surface area contributed by atoms with E-state index in [-0.39, 0.29) is 0 Å². The fourth-order valence-corrected chi connectivity index (χ4v) is 1.63. The van der Waals surface area contributed by atoms with Gasteiger partial charge in [-0.2, -0.15) is 0 Å². The summed E-state index contributed by atoms with van der Waals surface area (Å²) >= 11 is 0. The summed E-state index contributed by atoms with van der Waals surface area (Å²) in [5.74, 6) is 1.19. The van der Waals surface area contributed by atoms with Gasteiger partial charge in [0.1, 0.15) is 18.5 Å². The van der Waals surface area contributed by atoms with Crippen molar-refractivity contribution in [2.24, 2.45) is 7.05 Å². The van der Waals surface area contributed by atoms with Crippen molar-refractivity contribution in [3.05, 3.63) is 54.4 Å². The van der Waals surface area contributed by atoms with E-state index < -0.39 is 6.09 Å². The molecule has 0 spiro atoms. The summed E-state index contributed by atoms with van der Waals surface area (Å²) in [5, 5.41) is 2.39. The lowest BCUT2D eigenvalue weighted by Gasteiger charge is -2.06. The van der Waals surface area contributed by atoms with Crippen LogP contribution in [0.4, 0.5) is 4.79 Å². The van der Waals surface area contributed by atoms with Crippen molar-refractivity contribution in [3.63, 3.8) is 0 Å². The largest absolute Gasteiger partial charge is 0.483 e. The Morgan fingerprint density at radius 1 is 1.15 bits per heavy atom. The maximum Gasteiger partial charge on any atom is 0.412 e. The molecular formula is C15H17N2O3+. The number of amides is 1. The third-order valence-electron chi connectivity index (χ3n) is 2.79. The molecule has 0 saturated heterocycles. The van der Waals surface area contributed by atoms with Crippen molar-refractivity contribution < 1.29 is 18.8 Å². The van der Waals surface area contributed by atoms with E-state index >= 15 is 0 Å². The average Bonchev–Trinajstić information content (AvgIpc) is 2.48. The topological polar surface area (TPSA) is 51.4 Å². The van der Waals surface area contributed by atoms with Crippen molar-refractivity contribution in [2.45, 2.75) is 6.61 Å². The van der Waals surface area contributed by atoms with Crippen LogP contribution in [0.5, 0.6) is 11.5 Å². The van der Waals surface area contributed by atoms with Gasteiger partial charge in [-0.15, -0.1) is 0 Å². The molecule has 1 aromatic heterocycles. The Kier molecular flexibility index (Phi) is 4.55. The number of pyridine rings is 1. The molecule has 1 heterocycles. The van der Waals surface area contributed by atoms with Crippen LogP contribution in [-0.2, 0) is 13.7 Å². The molecule has 0 aliphatic heterocycles. The number of rotatable bonds is 4. The van der Waals surface area contributed by atoms with E-state index in [2.05, 4.69) is 5.32 Å². The van der Waals surface area contributed by atoms with Crippen LogP contribution >= 0.6 is 0 Å². The Bertz CT molecular complexity index is 582. The summed E-state index contributed by atoms with van der Waals surface area (Å²) in [6.07, 6.45) is 1.48. The van der Waals surface area contributed by atoms with Crippen LogP contribution in [-0.4, -0.2) is 13.1 Å². The molecule has 0 atom stereocenters. The minimum absolute atomic E-state index is 0.474. The van der Waals surface area contributed by atoms with E-state index in [0.29, 0.717) is 12.4 Å². The van der Waals surface area contributed by atoms with E-state index in [1.807, 2.05) is 36.0 Å². The molecule has 0 aliphatic rings. The fraction of sp³-hybridized carbons (Fsp3) is 0.200. The first kappa shape index (κ1) is 13.9. The smallest absolute Gasteiger partial charge is 0.412 e. The lowest BCUT2D eigenvalue weighted by Crippen LogP contribution is -2.33. The molecular weight excluding hydrogens is 256 g/mol. The number of benzene rings is 1. The summed E-state index contributed by atoms with van der Waals surface area (Å²) in [4.78, 5) is 11.0. The zero-order chi connectivity index (χ0) is 14.4. The first-order chi connectivity index (χ1) is 9.69. The fourth-order valence-electron chi connectivity index (χ4n) is 1.63. The van der Waals surface area contributed by atoms with Crippen LogP contribution in [0.1, 0.15) is 5.69 Å². The second-order valence-corrected chi connectivity index (χ2v) is 4.20. The van der Waals surface area contributed by atoms with Crippen molar-refractivity contribution in [3.8, 4) is 11.5 Å². The number of nitrogens with zero attached hydrogens (tertiary/aromatic N) is 1. The van der Waals surface area contributed by atoms with Crippen molar-refractivity contribution in [1.29, 1.82) is 0 Å². The molecule has 0 fully saturated rings. The van der Waals surface area contributed by atoms with Gasteiger partial charge in [0.15, 0.2) is 12.8 Å². The second-order valence-electron chi connectivity index (χ2n) is 4.20. The van der Waals surface area contributed by atoms with E-state index in [0.717, 1.165) is 11.4 Å². The molecule has 0 unspecified atom stereocenters. The standard InChI is InChI=1S/C15H16N2O3/c1-16-15(18)20-14-8-6-13(7-9-14)19-11-12-5-3-4-10-17(12)2/h3-10H,11H2,1-2H3/p+1. The summed E-state index contributed by atoms with van der Waals surface area (Å²) < 4.78 is 12.7. The SMILES string of the molecule is CNC(=O)Oc1ccc(OCc2cccc[n+]2C)cc1. The molecule has 5 heteroatoms. The van der Waals surface area contributed by atoms with E-state index in [1.165, 1.54) is 7.05 Å². The first-order valence-electron chi connectivity index (χ1n) is 6.25. The Labute approximate surface area is 117 Å². The maximum atomic E-state index is 11.0. The van der Waals surface area contributed by atoms with Crippen molar-refractivity contribution >= 4 is 6.09 Å². The van der Waals surface area contributed by atoms with Crippen LogP contribution in [0, 0.1) is 0 Å². The summed E-state index contributed by atoms with van der Waals surface area (Å²) in [7, 11) is 3.48. The molecule has 5 nitrogen and oxygen atoms in total. The van der Waals surface area contributed by atoms with Gasteiger partial charge in [-0.3, -0.25) is 0 Å². The van der Waals surface area contributed by atoms with Crippen molar-refractivity contribution in [2.75, 3.05) is 7.05 Å². The number of carbonyl (C=O) groups is 1. The van der Waals surface area contributed by atoms with Crippen LogP contribution in [0.3, 0.4) is 0 Å². The lowest BCUT2D eigenvalue weighted by atomic mass is 10.3. The number of hydrogen-bond acceptors (Lipinski definition) is 3. The third kappa shape index (κ3) is 3.71. The van der Waals surface area contributed by atoms with Gasteiger partial charge in [0.25, 0.3) is 0 Å². The highest BCUT2D eigenvalue weighted by Gasteiger charge is 2.06. The minimum Gasteiger partial charge on any atom is -0.483 e. The Morgan fingerprint density at radius 2 is 1.85 bits per heavy atom. The Balaban J connectivity index is 1.94. The maximum absolute atomic E-state index is 11.0. The molecule has 1 amide bonds. The monoisotopic (exact) mass is 273 g/mol. The van der Waals surface area contributed by atoms with Crippen LogP contribution in [0.15, 0.2) is 48.7 Å². The van der Waals surface area contributed by atoms with Crippen molar-refractivity contribution in [1.82, 2.24) is 5.32 Å². The molecule has 1 aromatic carbocycles. The van der Waals surface area contributed by atoms with E-state index in [9.17, 15) is 4.79 Å². The molecule has 2 aromatic rings. The van der Waals surface area contributed by atoms with Gasteiger partial charge < -0.3 is 14.8 Å². The van der Waals surface area contributed by atoms with E-state index in [4.69, 9.17) is 9.47 Å². The van der Waals surface area contributed by atoms with Crippen LogP contribution in [0.2, 0.25) is 0 Å². The lowest BCUT2D eigenvalue weighted by molar-refractivity contribution is -0.680. The number of nitrogens with one attached hydrogen (secondary N) is 1. The van der Waals surface area contributed by atoms with Gasteiger partial charge in [-0.25, -0.2) is 9.36 Å². The predicted octanol–water partition coefficient (Wildman–Crippen LogP) is 1.81. The zero-order valence-electron chi connectivity index (χ0n) is 11.5. The summed E-state index contributed by atoms with van der Waals surface area (Å²) in [6.45, 7) is 0.479. The second kappa shape index (κ2) is 6.56. The van der Waals surface area contributed by atoms with Gasteiger partial charge in [0.05, 0.1) is 0 Å². The molecule has 0 radical (unpaired) electrons. The highest BCUT2D eigenvalue weighted by molar-refractivity contribution is 5.69. The number of aromatic nitrogens is 1. The molecule has 20 heavy (non-hydrogen) atoms. The Morgan fingerprint density at radius 3 is 2.50 bits per heavy atom. The van der Waals surface area contributed by atoms with Gasteiger partial charge in [0.2, 0.25) is 5.69 Å². The number of hydrogen-bond donors (Lipinski definition) is 1. The summed E-state index contributed by atoms with van der Waals surface area (Å²) in [6, 6.07) is 12.9. The molecule has 0 saturated carbocycles. The quantitative estimate of drug-likeness (QED) is 0.864. The highest BCUT2D eigenvalue weighted by Crippen LogP contribution is 2.18.